The summed E-state index contributed by atoms with van der Waals surface area (Å²) >= 11 is 0. The molecule has 2 unspecified atom stereocenters. The van der Waals surface area contributed by atoms with E-state index in [9.17, 15) is 18.5 Å². The van der Waals surface area contributed by atoms with Crippen molar-refractivity contribution in [1.29, 1.82) is 0 Å². The van der Waals surface area contributed by atoms with Crippen LogP contribution < -0.4 is 16.0 Å². The van der Waals surface area contributed by atoms with E-state index in [-0.39, 0.29) is 22.3 Å². The summed E-state index contributed by atoms with van der Waals surface area (Å²) in [5, 5.41) is 10.8. The van der Waals surface area contributed by atoms with Crippen LogP contribution >= 0.6 is 0 Å². The van der Waals surface area contributed by atoms with Crippen molar-refractivity contribution in [3.8, 4) is 0 Å². The fraction of sp³-hybridized carbons (Fsp3) is 0.500. The lowest BCUT2D eigenvalue weighted by Crippen LogP contribution is -2.27. The second-order valence-corrected chi connectivity index (χ2v) is 6.81. The molecule has 9 heteroatoms. The molecule has 0 radical (unpaired) electrons. The van der Waals surface area contributed by atoms with Gasteiger partial charge in [-0.1, -0.05) is 13.3 Å². The average molecular weight is 314 g/mol. The number of hydrazine groups is 1. The Balaban J connectivity index is 2.19. The molecule has 2 atom stereocenters. The van der Waals surface area contributed by atoms with Crippen LogP contribution in [-0.2, 0) is 10.0 Å². The van der Waals surface area contributed by atoms with Crippen molar-refractivity contribution in [2.45, 2.75) is 37.1 Å². The van der Waals surface area contributed by atoms with Gasteiger partial charge in [-0.2, -0.15) is 0 Å². The fourth-order valence-corrected chi connectivity index (χ4v) is 3.65. The summed E-state index contributed by atoms with van der Waals surface area (Å²) in [5.41, 5.74) is 1.84. The van der Waals surface area contributed by atoms with E-state index in [4.69, 9.17) is 5.84 Å². The monoisotopic (exact) mass is 314 g/mol. The highest BCUT2D eigenvalue weighted by atomic mass is 32.2. The van der Waals surface area contributed by atoms with E-state index < -0.39 is 14.9 Å². The summed E-state index contributed by atoms with van der Waals surface area (Å²) in [7, 11) is -3.69. The number of nitro groups is 1. The molecule has 4 N–H and O–H groups in total. The Hall–Kier alpha value is -1.71. The number of benzene rings is 1. The van der Waals surface area contributed by atoms with E-state index in [1.165, 1.54) is 6.07 Å². The number of anilines is 1. The highest BCUT2D eigenvalue weighted by molar-refractivity contribution is 7.89. The molecule has 0 spiro atoms. The largest absolute Gasteiger partial charge is 0.318 e. The number of sulfonamides is 1. The van der Waals surface area contributed by atoms with Gasteiger partial charge in [0.05, 0.1) is 9.82 Å². The smallest absolute Gasteiger partial charge is 0.293 e. The van der Waals surface area contributed by atoms with Gasteiger partial charge in [-0.15, -0.1) is 0 Å². The predicted molar refractivity (Wildman–Crippen MR) is 78.0 cm³/mol. The Morgan fingerprint density at radius 2 is 2.19 bits per heavy atom. The maximum Gasteiger partial charge on any atom is 0.293 e. The van der Waals surface area contributed by atoms with Crippen molar-refractivity contribution in [3.63, 3.8) is 0 Å². The Kier molecular flexibility index (Phi) is 4.45. The zero-order chi connectivity index (χ0) is 15.6. The number of nitrogens with one attached hydrogen (secondary N) is 2. The van der Waals surface area contributed by atoms with Crippen molar-refractivity contribution in [1.82, 2.24) is 4.72 Å². The van der Waals surface area contributed by atoms with Crippen LogP contribution in [0, 0.1) is 16.0 Å². The van der Waals surface area contributed by atoms with Gasteiger partial charge in [-0.05, 0) is 30.9 Å². The van der Waals surface area contributed by atoms with E-state index >= 15 is 0 Å². The van der Waals surface area contributed by atoms with Gasteiger partial charge in [0, 0.05) is 12.1 Å². The molecule has 21 heavy (non-hydrogen) atoms. The first-order chi connectivity index (χ1) is 9.89. The zero-order valence-corrected chi connectivity index (χ0v) is 12.4. The predicted octanol–water partition coefficient (Wildman–Crippen LogP) is 1.35. The molecule has 1 saturated carbocycles. The second-order valence-electron chi connectivity index (χ2n) is 5.09. The van der Waals surface area contributed by atoms with Crippen LogP contribution in [0.5, 0.6) is 0 Å². The average Bonchev–Trinajstić information content (AvgIpc) is 3.15. The lowest BCUT2D eigenvalue weighted by molar-refractivity contribution is -0.384. The molecule has 0 aromatic heterocycles. The quantitative estimate of drug-likeness (QED) is 0.396. The SMILES string of the molecule is CCCC1CC1NS(=O)(=O)c1ccc([N+](=O)[O-])c(NN)c1. The second kappa shape index (κ2) is 5.96. The van der Waals surface area contributed by atoms with Gasteiger partial charge < -0.3 is 5.43 Å². The highest BCUT2D eigenvalue weighted by Crippen LogP contribution is 2.36. The van der Waals surface area contributed by atoms with E-state index in [2.05, 4.69) is 17.1 Å². The van der Waals surface area contributed by atoms with Crippen LogP contribution in [-0.4, -0.2) is 19.4 Å². The minimum Gasteiger partial charge on any atom is -0.318 e. The maximum absolute atomic E-state index is 12.2. The zero-order valence-electron chi connectivity index (χ0n) is 11.6. The van der Waals surface area contributed by atoms with Gasteiger partial charge in [-0.3, -0.25) is 16.0 Å². The number of nitrogens with zero attached hydrogens (tertiary/aromatic N) is 1. The molecule has 1 aliphatic rings. The molecular weight excluding hydrogens is 296 g/mol. The number of nitrogen functional groups attached to an aromatic ring is 1. The Morgan fingerprint density at radius 3 is 2.76 bits per heavy atom. The van der Waals surface area contributed by atoms with Crippen LogP contribution in [0.25, 0.3) is 0 Å². The summed E-state index contributed by atoms with van der Waals surface area (Å²) in [4.78, 5) is 10.1. The van der Waals surface area contributed by atoms with Crippen LogP contribution in [0.15, 0.2) is 23.1 Å². The molecule has 1 aromatic rings. The first-order valence-corrected chi connectivity index (χ1v) is 8.14. The van der Waals surface area contributed by atoms with E-state index in [1.54, 1.807) is 0 Å². The van der Waals surface area contributed by atoms with Gasteiger partial charge >= 0.3 is 0 Å². The summed E-state index contributed by atoms with van der Waals surface area (Å²) in [6.45, 7) is 2.05. The van der Waals surface area contributed by atoms with E-state index in [1.807, 2.05) is 0 Å². The molecule has 1 aliphatic carbocycles. The number of nitro benzene ring substituents is 1. The first kappa shape index (κ1) is 15.7. The Morgan fingerprint density at radius 1 is 1.48 bits per heavy atom. The fourth-order valence-electron chi connectivity index (χ4n) is 2.31. The van der Waals surface area contributed by atoms with Crippen molar-refractivity contribution in [2.75, 3.05) is 5.43 Å². The first-order valence-electron chi connectivity index (χ1n) is 6.66. The van der Waals surface area contributed by atoms with Gasteiger partial charge in [0.25, 0.3) is 5.69 Å². The van der Waals surface area contributed by atoms with Crippen molar-refractivity contribution >= 4 is 21.4 Å². The molecule has 2 rings (SSSR count). The summed E-state index contributed by atoms with van der Waals surface area (Å²) in [6.07, 6.45) is 2.84. The Labute approximate surface area is 122 Å². The lowest BCUT2D eigenvalue weighted by Gasteiger charge is -2.08. The molecule has 1 fully saturated rings. The van der Waals surface area contributed by atoms with Gasteiger partial charge in [0.1, 0.15) is 5.69 Å². The molecule has 116 valence electrons. The van der Waals surface area contributed by atoms with Crippen molar-refractivity contribution < 1.29 is 13.3 Å². The third-order valence-corrected chi connectivity index (χ3v) is 5.01. The lowest BCUT2D eigenvalue weighted by atomic mass is 10.2. The normalized spacial score (nSPS) is 21.0. The minimum absolute atomic E-state index is 0.0382. The summed E-state index contributed by atoms with van der Waals surface area (Å²) in [5.74, 6) is 5.59. The molecule has 8 nitrogen and oxygen atoms in total. The minimum atomic E-state index is -3.69. The summed E-state index contributed by atoms with van der Waals surface area (Å²) in [6, 6.07) is 3.45. The third kappa shape index (κ3) is 3.49. The third-order valence-electron chi connectivity index (χ3n) is 3.52. The molecule has 0 aliphatic heterocycles. The molecule has 1 aromatic carbocycles. The molecule has 0 heterocycles. The van der Waals surface area contributed by atoms with Crippen LogP contribution in [0.2, 0.25) is 0 Å². The standard InChI is InChI=1S/C12H18N4O4S/c1-2-3-8-6-10(8)15-21(19,20)9-4-5-12(16(17)18)11(7-9)14-13/h4-5,7-8,10,14-15H,2-3,6,13H2,1H3. The maximum atomic E-state index is 12.2. The van der Waals surface area contributed by atoms with E-state index in [0.29, 0.717) is 5.92 Å². The van der Waals surface area contributed by atoms with Crippen molar-refractivity contribution in [2.24, 2.45) is 11.8 Å². The molecular formula is C12H18N4O4S. The topological polar surface area (TPSA) is 127 Å². The number of rotatable bonds is 7. The highest BCUT2D eigenvalue weighted by Gasteiger charge is 2.39. The van der Waals surface area contributed by atoms with Gasteiger partial charge in [0.2, 0.25) is 10.0 Å². The van der Waals surface area contributed by atoms with Crippen molar-refractivity contribution in [3.05, 3.63) is 28.3 Å². The Bertz CT molecular complexity index is 647. The van der Waals surface area contributed by atoms with Gasteiger partial charge in [-0.25, -0.2) is 13.1 Å². The molecule has 0 amide bonds. The molecule has 0 bridgehead atoms. The van der Waals surface area contributed by atoms with Gasteiger partial charge in [0.15, 0.2) is 0 Å². The van der Waals surface area contributed by atoms with E-state index in [0.717, 1.165) is 31.4 Å². The molecule has 0 saturated heterocycles. The van der Waals surface area contributed by atoms with Crippen LogP contribution in [0.4, 0.5) is 11.4 Å². The van der Waals surface area contributed by atoms with Crippen LogP contribution in [0.1, 0.15) is 26.2 Å². The number of hydrogen-bond donors (Lipinski definition) is 3. The summed E-state index contributed by atoms with van der Waals surface area (Å²) < 4.78 is 27.1. The van der Waals surface area contributed by atoms with Crippen LogP contribution in [0.3, 0.4) is 0 Å². The number of hydrogen-bond acceptors (Lipinski definition) is 6. The number of nitrogens with two attached hydrogens (primary N) is 1.